The van der Waals surface area contributed by atoms with E-state index in [1.54, 1.807) is 18.5 Å². The van der Waals surface area contributed by atoms with Gasteiger partial charge in [-0.3, -0.25) is 4.90 Å². The van der Waals surface area contributed by atoms with E-state index < -0.39 is 0 Å². The fourth-order valence-corrected chi connectivity index (χ4v) is 3.43. The van der Waals surface area contributed by atoms with Crippen molar-refractivity contribution in [3.8, 4) is 0 Å². The van der Waals surface area contributed by atoms with Gasteiger partial charge in [-0.05, 0) is 29.7 Å². The van der Waals surface area contributed by atoms with Gasteiger partial charge in [0.1, 0.15) is 5.58 Å². The molecular formula is C20H22N4O2. The summed E-state index contributed by atoms with van der Waals surface area (Å²) in [4.78, 5) is 25.2. The normalized spacial score (nSPS) is 15.5. The first kappa shape index (κ1) is 16.7. The molecule has 0 unspecified atom stereocenters. The van der Waals surface area contributed by atoms with Crippen molar-refractivity contribution in [3.05, 3.63) is 64.3 Å². The molecule has 0 atom stereocenters. The highest BCUT2D eigenvalue weighted by Gasteiger charge is 2.20. The van der Waals surface area contributed by atoms with Gasteiger partial charge in [0, 0.05) is 56.6 Å². The average Bonchev–Trinajstić information content (AvgIpc) is 2.68. The lowest BCUT2D eigenvalue weighted by Crippen LogP contribution is -2.46. The number of aromatic nitrogens is 2. The van der Waals surface area contributed by atoms with Crippen LogP contribution in [0.2, 0.25) is 0 Å². The number of nitrogens with zero attached hydrogens (tertiary/aromatic N) is 4. The summed E-state index contributed by atoms with van der Waals surface area (Å²) >= 11 is 0. The summed E-state index contributed by atoms with van der Waals surface area (Å²) in [6, 6.07) is 9.61. The molecule has 4 rings (SSSR count). The van der Waals surface area contributed by atoms with E-state index in [4.69, 9.17) is 4.42 Å². The highest BCUT2D eigenvalue weighted by molar-refractivity contribution is 5.80. The van der Waals surface area contributed by atoms with E-state index in [9.17, 15) is 4.79 Å². The van der Waals surface area contributed by atoms with Crippen molar-refractivity contribution in [3.63, 3.8) is 0 Å². The van der Waals surface area contributed by atoms with Crippen LogP contribution in [0.4, 0.5) is 5.95 Å². The molecule has 1 saturated heterocycles. The smallest absolute Gasteiger partial charge is 0.336 e. The minimum Gasteiger partial charge on any atom is -0.423 e. The lowest BCUT2D eigenvalue weighted by Gasteiger charge is -2.34. The molecule has 0 spiro atoms. The Balaban J connectivity index is 1.51. The Morgan fingerprint density at radius 3 is 2.58 bits per heavy atom. The monoisotopic (exact) mass is 350 g/mol. The van der Waals surface area contributed by atoms with Crippen LogP contribution in [0.1, 0.15) is 18.1 Å². The number of hydrogen-bond acceptors (Lipinski definition) is 6. The van der Waals surface area contributed by atoms with Crippen molar-refractivity contribution in [1.29, 1.82) is 0 Å². The van der Waals surface area contributed by atoms with Crippen LogP contribution < -0.4 is 10.5 Å². The van der Waals surface area contributed by atoms with Crippen molar-refractivity contribution in [2.45, 2.75) is 19.9 Å². The maximum atomic E-state index is 12.0. The summed E-state index contributed by atoms with van der Waals surface area (Å²) in [5.74, 6) is 0.782. The van der Waals surface area contributed by atoms with E-state index in [1.165, 1.54) is 5.56 Å². The van der Waals surface area contributed by atoms with Crippen LogP contribution in [0.25, 0.3) is 11.0 Å². The van der Waals surface area contributed by atoms with Gasteiger partial charge in [0.05, 0.1) is 0 Å². The highest BCUT2D eigenvalue weighted by atomic mass is 16.4. The summed E-state index contributed by atoms with van der Waals surface area (Å²) in [6.45, 7) is 6.42. The molecule has 1 aliphatic heterocycles. The van der Waals surface area contributed by atoms with Crippen LogP contribution >= 0.6 is 0 Å². The van der Waals surface area contributed by atoms with Crippen LogP contribution in [0.3, 0.4) is 0 Å². The SMILES string of the molecule is CCc1ccc2c(CN3CCN(c4ncccn4)CC3)cc(=O)oc2c1. The number of benzene rings is 1. The molecule has 0 amide bonds. The molecule has 1 fully saturated rings. The second-order valence-electron chi connectivity index (χ2n) is 6.59. The van der Waals surface area contributed by atoms with Crippen molar-refractivity contribution in [1.82, 2.24) is 14.9 Å². The van der Waals surface area contributed by atoms with Gasteiger partial charge in [0.2, 0.25) is 5.95 Å². The Hall–Kier alpha value is -2.73. The lowest BCUT2D eigenvalue weighted by molar-refractivity contribution is 0.249. The van der Waals surface area contributed by atoms with Gasteiger partial charge < -0.3 is 9.32 Å². The van der Waals surface area contributed by atoms with Gasteiger partial charge in [-0.15, -0.1) is 0 Å². The molecule has 26 heavy (non-hydrogen) atoms. The third kappa shape index (κ3) is 3.46. The molecule has 0 N–H and O–H groups in total. The maximum Gasteiger partial charge on any atom is 0.336 e. The van der Waals surface area contributed by atoms with Crippen molar-refractivity contribution in [2.24, 2.45) is 0 Å². The molecule has 0 aliphatic carbocycles. The van der Waals surface area contributed by atoms with Gasteiger partial charge in [-0.25, -0.2) is 14.8 Å². The third-order valence-electron chi connectivity index (χ3n) is 4.90. The molecule has 0 saturated carbocycles. The van der Waals surface area contributed by atoms with Crippen LogP contribution in [0, 0.1) is 0 Å². The summed E-state index contributed by atoms with van der Waals surface area (Å²) in [5.41, 5.74) is 2.61. The zero-order valence-corrected chi connectivity index (χ0v) is 14.9. The van der Waals surface area contributed by atoms with Gasteiger partial charge >= 0.3 is 5.63 Å². The largest absolute Gasteiger partial charge is 0.423 e. The number of piperazine rings is 1. The zero-order valence-electron chi connectivity index (χ0n) is 14.9. The van der Waals surface area contributed by atoms with Crippen molar-refractivity contribution >= 4 is 16.9 Å². The molecule has 134 valence electrons. The number of rotatable bonds is 4. The van der Waals surface area contributed by atoms with Crippen LogP contribution in [0.5, 0.6) is 0 Å². The lowest BCUT2D eigenvalue weighted by atomic mass is 10.1. The number of hydrogen-bond donors (Lipinski definition) is 0. The van der Waals surface area contributed by atoms with E-state index in [1.807, 2.05) is 12.1 Å². The molecular weight excluding hydrogens is 328 g/mol. The Labute approximate surface area is 152 Å². The van der Waals surface area contributed by atoms with Crippen molar-refractivity contribution in [2.75, 3.05) is 31.1 Å². The maximum absolute atomic E-state index is 12.0. The summed E-state index contributed by atoms with van der Waals surface area (Å²) in [7, 11) is 0. The van der Waals surface area contributed by atoms with E-state index in [-0.39, 0.29) is 5.63 Å². The van der Waals surface area contributed by atoms with Crippen molar-refractivity contribution < 1.29 is 4.42 Å². The van der Waals surface area contributed by atoms with Crippen LogP contribution in [-0.4, -0.2) is 41.0 Å². The standard InChI is InChI=1S/C20H22N4O2/c1-2-15-4-5-17-16(13-19(25)26-18(17)12-15)14-23-8-10-24(11-9-23)20-21-6-3-7-22-20/h3-7,12-13H,2,8-11,14H2,1H3. The molecule has 6 heteroatoms. The Morgan fingerprint density at radius 1 is 1.08 bits per heavy atom. The number of anilines is 1. The predicted octanol–water partition coefficient (Wildman–Crippen LogP) is 2.47. The molecule has 1 aliphatic rings. The number of aryl methyl sites for hydroxylation is 1. The Morgan fingerprint density at radius 2 is 1.85 bits per heavy atom. The molecule has 2 aromatic heterocycles. The summed E-state index contributed by atoms with van der Waals surface area (Å²) in [6.07, 6.45) is 4.47. The van der Waals surface area contributed by atoms with Crippen LogP contribution in [-0.2, 0) is 13.0 Å². The zero-order chi connectivity index (χ0) is 17.9. The quantitative estimate of drug-likeness (QED) is 0.674. The van der Waals surface area contributed by atoms with E-state index in [0.29, 0.717) is 5.58 Å². The molecule has 6 nitrogen and oxygen atoms in total. The molecule has 3 heterocycles. The van der Waals surface area contributed by atoms with E-state index >= 15 is 0 Å². The minimum atomic E-state index is -0.280. The van der Waals surface area contributed by atoms with E-state index in [2.05, 4.69) is 38.8 Å². The predicted molar refractivity (Wildman–Crippen MR) is 101 cm³/mol. The fourth-order valence-electron chi connectivity index (χ4n) is 3.43. The molecule has 0 bridgehead atoms. The first-order chi connectivity index (χ1) is 12.7. The average molecular weight is 350 g/mol. The summed E-state index contributed by atoms with van der Waals surface area (Å²) in [5, 5.41) is 1.02. The highest BCUT2D eigenvalue weighted by Crippen LogP contribution is 2.21. The van der Waals surface area contributed by atoms with Gasteiger partial charge in [0.15, 0.2) is 0 Å². The third-order valence-corrected chi connectivity index (χ3v) is 4.90. The second kappa shape index (κ2) is 7.25. The van der Waals surface area contributed by atoms with Gasteiger partial charge in [-0.2, -0.15) is 0 Å². The van der Waals surface area contributed by atoms with Gasteiger partial charge in [-0.1, -0.05) is 19.1 Å². The topological polar surface area (TPSA) is 62.5 Å². The first-order valence-corrected chi connectivity index (χ1v) is 9.03. The Kier molecular flexibility index (Phi) is 4.67. The number of fused-ring (bicyclic) bond motifs is 1. The van der Waals surface area contributed by atoms with Gasteiger partial charge in [0.25, 0.3) is 0 Å². The molecule has 1 aromatic carbocycles. The Bertz CT molecular complexity index is 947. The minimum absolute atomic E-state index is 0.280. The van der Waals surface area contributed by atoms with E-state index in [0.717, 1.165) is 56.0 Å². The first-order valence-electron chi connectivity index (χ1n) is 9.03. The second-order valence-corrected chi connectivity index (χ2v) is 6.59. The fraction of sp³-hybridized carbons (Fsp3) is 0.350. The summed E-state index contributed by atoms with van der Waals surface area (Å²) < 4.78 is 5.41. The van der Waals surface area contributed by atoms with Crippen LogP contribution in [0.15, 0.2) is 51.9 Å². The molecule has 3 aromatic rings. The molecule has 0 radical (unpaired) electrons.